The Morgan fingerprint density at radius 3 is 2.29 bits per heavy atom. The second-order valence-electron chi connectivity index (χ2n) is 5.35. The molecule has 1 saturated heterocycles. The van der Waals surface area contributed by atoms with Crippen molar-refractivity contribution in [1.29, 1.82) is 0 Å². The summed E-state index contributed by atoms with van der Waals surface area (Å²) in [4.78, 5) is 13.3. The largest absolute Gasteiger partial charge is 0.327 e. The molecule has 0 radical (unpaired) electrons. The molecule has 108 valence electrons. The number of anilines is 1. The molecule has 1 unspecified atom stereocenters. The van der Waals surface area contributed by atoms with Crippen LogP contribution in [0.4, 0.5) is 14.5 Å². The van der Waals surface area contributed by atoms with E-state index in [-0.39, 0.29) is 0 Å². The highest BCUT2D eigenvalue weighted by atomic mass is 19.3. The molecule has 1 fully saturated rings. The Kier molecular flexibility index (Phi) is 3.24. The first kappa shape index (κ1) is 13.7. The van der Waals surface area contributed by atoms with Gasteiger partial charge in [-0.1, -0.05) is 48.0 Å². The van der Waals surface area contributed by atoms with Gasteiger partial charge in [0.2, 0.25) is 0 Å². The van der Waals surface area contributed by atoms with Gasteiger partial charge in [-0.05, 0) is 24.6 Å². The monoisotopic (exact) mass is 287 g/mol. The maximum atomic E-state index is 13.9. The molecule has 0 saturated carbocycles. The number of rotatable bonds is 2. The number of aryl methyl sites for hydroxylation is 1. The number of carbonyl (C=O) groups excluding carboxylic acids is 1. The van der Waals surface area contributed by atoms with Crippen LogP contribution in [-0.2, 0) is 4.79 Å². The second kappa shape index (κ2) is 4.95. The van der Waals surface area contributed by atoms with Gasteiger partial charge in [-0.2, -0.15) is 8.78 Å². The summed E-state index contributed by atoms with van der Waals surface area (Å²) in [6, 6.07) is 15.4. The summed E-state index contributed by atoms with van der Waals surface area (Å²) >= 11 is 0. The van der Waals surface area contributed by atoms with Crippen molar-refractivity contribution in [2.75, 3.05) is 4.90 Å². The molecule has 0 N–H and O–H groups in total. The Balaban J connectivity index is 2.05. The lowest BCUT2D eigenvalue weighted by atomic mass is 10.0. The van der Waals surface area contributed by atoms with Crippen molar-refractivity contribution in [3.63, 3.8) is 0 Å². The van der Waals surface area contributed by atoms with Crippen molar-refractivity contribution in [3.8, 4) is 0 Å². The third-order valence-corrected chi connectivity index (χ3v) is 3.79. The van der Waals surface area contributed by atoms with Gasteiger partial charge in [-0.25, -0.2) is 0 Å². The third kappa shape index (κ3) is 2.42. The topological polar surface area (TPSA) is 20.3 Å². The van der Waals surface area contributed by atoms with E-state index in [1.165, 1.54) is 4.90 Å². The van der Waals surface area contributed by atoms with Gasteiger partial charge in [0.1, 0.15) is 0 Å². The zero-order valence-corrected chi connectivity index (χ0v) is 11.6. The van der Waals surface area contributed by atoms with E-state index in [0.717, 1.165) is 11.1 Å². The van der Waals surface area contributed by atoms with Crippen LogP contribution in [0.25, 0.3) is 0 Å². The maximum absolute atomic E-state index is 13.9. The normalized spacial score (nSPS) is 20.8. The molecule has 1 heterocycles. The molecular weight excluding hydrogens is 272 g/mol. The summed E-state index contributed by atoms with van der Waals surface area (Å²) in [5.74, 6) is -4.44. The number of alkyl halides is 2. The van der Waals surface area contributed by atoms with Gasteiger partial charge in [0, 0.05) is 12.1 Å². The average molecular weight is 287 g/mol. The Morgan fingerprint density at radius 1 is 1.05 bits per heavy atom. The van der Waals surface area contributed by atoms with Crippen molar-refractivity contribution in [1.82, 2.24) is 0 Å². The van der Waals surface area contributed by atoms with E-state index in [2.05, 4.69) is 0 Å². The van der Waals surface area contributed by atoms with Gasteiger partial charge in [0.25, 0.3) is 5.91 Å². The fourth-order valence-electron chi connectivity index (χ4n) is 2.68. The lowest BCUT2D eigenvalue weighted by Gasteiger charge is -2.24. The fraction of sp³-hybridized carbons (Fsp3) is 0.235. The fourth-order valence-corrected chi connectivity index (χ4v) is 2.68. The van der Waals surface area contributed by atoms with Crippen LogP contribution >= 0.6 is 0 Å². The number of halogens is 2. The SMILES string of the molecule is Cc1ccc(N2C(=O)C(F)(F)CC2c2ccccc2)cc1. The number of benzene rings is 2. The number of hydrogen-bond acceptors (Lipinski definition) is 1. The van der Waals surface area contributed by atoms with Crippen LogP contribution in [-0.4, -0.2) is 11.8 Å². The average Bonchev–Trinajstić information content (AvgIpc) is 2.72. The predicted molar refractivity (Wildman–Crippen MR) is 77.4 cm³/mol. The Bertz CT molecular complexity index is 652. The minimum absolute atomic E-state index is 0.482. The molecule has 3 rings (SSSR count). The standard InChI is InChI=1S/C17H15F2NO/c1-12-7-9-14(10-8-12)20-15(11-17(18,19)16(20)21)13-5-3-2-4-6-13/h2-10,15H,11H2,1H3. The van der Waals surface area contributed by atoms with Gasteiger partial charge >= 0.3 is 5.92 Å². The van der Waals surface area contributed by atoms with E-state index in [1.54, 1.807) is 36.4 Å². The molecule has 1 atom stereocenters. The number of amides is 1. The first-order chi connectivity index (χ1) is 9.99. The van der Waals surface area contributed by atoms with Crippen LogP contribution in [0.2, 0.25) is 0 Å². The molecule has 2 aromatic rings. The van der Waals surface area contributed by atoms with Crippen LogP contribution in [0.5, 0.6) is 0 Å². The number of hydrogen-bond donors (Lipinski definition) is 0. The first-order valence-electron chi connectivity index (χ1n) is 6.82. The molecule has 0 aromatic heterocycles. The number of carbonyl (C=O) groups is 1. The lowest BCUT2D eigenvalue weighted by molar-refractivity contribution is -0.137. The van der Waals surface area contributed by atoms with Gasteiger partial charge in [-0.3, -0.25) is 9.69 Å². The van der Waals surface area contributed by atoms with E-state index < -0.39 is 24.3 Å². The highest BCUT2D eigenvalue weighted by molar-refractivity contribution is 6.01. The van der Waals surface area contributed by atoms with Gasteiger partial charge in [0.05, 0.1) is 6.04 Å². The van der Waals surface area contributed by atoms with Gasteiger partial charge in [0.15, 0.2) is 0 Å². The summed E-state index contributed by atoms with van der Waals surface area (Å²) < 4.78 is 27.8. The molecular formula is C17H15F2NO. The molecule has 4 heteroatoms. The van der Waals surface area contributed by atoms with Crippen LogP contribution in [0.3, 0.4) is 0 Å². The van der Waals surface area contributed by atoms with E-state index >= 15 is 0 Å². The smallest absolute Gasteiger partial charge is 0.299 e. The highest BCUT2D eigenvalue weighted by Crippen LogP contribution is 2.44. The molecule has 2 nitrogen and oxygen atoms in total. The highest BCUT2D eigenvalue weighted by Gasteiger charge is 2.54. The summed E-state index contributed by atoms with van der Waals surface area (Å²) in [7, 11) is 0. The van der Waals surface area contributed by atoms with Crippen LogP contribution < -0.4 is 4.90 Å². The maximum Gasteiger partial charge on any atom is 0.327 e. The Labute approximate surface area is 122 Å². The second-order valence-corrected chi connectivity index (χ2v) is 5.35. The zero-order chi connectivity index (χ0) is 15.0. The van der Waals surface area contributed by atoms with Crippen molar-refractivity contribution in [3.05, 3.63) is 65.7 Å². The Hall–Kier alpha value is -2.23. The Morgan fingerprint density at radius 2 is 1.67 bits per heavy atom. The van der Waals surface area contributed by atoms with E-state index in [4.69, 9.17) is 0 Å². The van der Waals surface area contributed by atoms with E-state index in [0.29, 0.717) is 5.69 Å². The minimum atomic E-state index is -3.31. The molecule has 0 spiro atoms. The molecule has 1 aliphatic heterocycles. The van der Waals surface area contributed by atoms with Crippen molar-refractivity contribution in [2.45, 2.75) is 25.3 Å². The van der Waals surface area contributed by atoms with Crippen LogP contribution in [0, 0.1) is 6.92 Å². The summed E-state index contributed by atoms with van der Waals surface area (Å²) in [6.45, 7) is 1.92. The van der Waals surface area contributed by atoms with Crippen molar-refractivity contribution >= 4 is 11.6 Å². The van der Waals surface area contributed by atoms with E-state index in [9.17, 15) is 13.6 Å². The van der Waals surface area contributed by atoms with E-state index in [1.807, 2.05) is 25.1 Å². The molecule has 1 amide bonds. The van der Waals surface area contributed by atoms with Crippen molar-refractivity contribution in [2.24, 2.45) is 0 Å². The minimum Gasteiger partial charge on any atom is -0.299 e. The number of nitrogens with zero attached hydrogens (tertiary/aromatic N) is 1. The molecule has 21 heavy (non-hydrogen) atoms. The van der Waals surface area contributed by atoms with Crippen LogP contribution in [0.15, 0.2) is 54.6 Å². The predicted octanol–water partition coefficient (Wildman–Crippen LogP) is 4.11. The summed E-state index contributed by atoms with van der Waals surface area (Å²) in [5.41, 5.74) is 2.26. The quantitative estimate of drug-likeness (QED) is 0.814. The molecule has 1 aliphatic rings. The lowest BCUT2D eigenvalue weighted by Crippen LogP contribution is -2.34. The third-order valence-electron chi connectivity index (χ3n) is 3.79. The zero-order valence-electron chi connectivity index (χ0n) is 11.6. The summed E-state index contributed by atoms with van der Waals surface area (Å²) in [5, 5.41) is 0. The summed E-state index contributed by atoms with van der Waals surface area (Å²) in [6.07, 6.45) is -0.482. The van der Waals surface area contributed by atoms with Crippen molar-refractivity contribution < 1.29 is 13.6 Å². The molecule has 2 aromatic carbocycles. The van der Waals surface area contributed by atoms with Gasteiger partial charge in [-0.15, -0.1) is 0 Å². The molecule has 0 bridgehead atoms. The molecule has 0 aliphatic carbocycles. The van der Waals surface area contributed by atoms with Crippen LogP contribution in [0.1, 0.15) is 23.6 Å². The first-order valence-corrected chi connectivity index (χ1v) is 6.82. The van der Waals surface area contributed by atoms with Gasteiger partial charge < -0.3 is 0 Å².